The first-order valence-corrected chi connectivity index (χ1v) is 8.28. The molecule has 1 aliphatic rings. The van der Waals surface area contributed by atoms with Crippen molar-refractivity contribution >= 4 is 0 Å². The predicted molar refractivity (Wildman–Crippen MR) is 85.6 cm³/mol. The van der Waals surface area contributed by atoms with Gasteiger partial charge in [-0.3, -0.25) is 4.90 Å². The van der Waals surface area contributed by atoms with Crippen LogP contribution in [-0.2, 0) is 0 Å². The van der Waals surface area contributed by atoms with Gasteiger partial charge in [-0.25, -0.2) is 0 Å². The summed E-state index contributed by atoms with van der Waals surface area (Å²) in [7, 11) is 0. The summed E-state index contributed by atoms with van der Waals surface area (Å²) in [5.74, 6) is 0. The van der Waals surface area contributed by atoms with E-state index >= 15 is 0 Å². The lowest BCUT2D eigenvalue weighted by Crippen LogP contribution is -2.60. The molecule has 2 nitrogen and oxygen atoms in total. The normalized spacial score (nSPS) is 21.8. The van der Waals surface area contributed by atoms with Crippen molar-refractivity contribution in [1.82, 2.24) is 10.2 Å². The molecule has 2 atom stereocenters. The lowest BCUT2D eigenvalue weighted by atomic mass is 9.83. The molecule has 1 N–H and O–H groups in total. The van der Waals surface area contributed by atoms with Crippen LogP contribution in [0.25, 0.3) is 0 Å². The molecule has 112 valence electrons. The van der Waals surface area contributed by atoms with Crippen molar-refractivity contribution in [3.05, 3.63) is 12.7 Å². The Balaban J connectivity index is 2.70. The van der Waals surface area contributed by atoms with Crippen molar-refractivity contribution < 1.29 is 0 Å². The second kappa shape index (κ2) is 8.76. The monoisotopic (exact) mass is 266 g/mol. The predicted octanol–water partition coefficient (Wildman–Crippen LogP) is 3.98. The quantitative estimate of drug-likeness (QED) is 0.502. The standard InChI is InChI=1S/C17H34N2/c1-5-8-10-13-16(18-7-3)17(4,6-2)19-14-11-9-12-15-19/h5,16,18H,1,6-15H2,2-4H3. The van der Waals surface area contributed by atoms with E-state index in [9.17, 15) is 0 Å². The summed E-state index contributed by atoms with van der Waals surface area (Å²) in [4.78, 5) is 2.75. The van der Waals surface area contributed by atoms with Gasteiger partial charge in [0.15, 0.2) is 0 Å². The van der Waals surface area contributed by atoms with Crippen molar-refractivity contribution in [3.8, 4) is 0 Å². The molecule has 0 aromatic heterocycles. The second-order valence-electron chi connectivity index (χ2n) is 6.09. The zero-order chi connectivity index (χ0) is 14.1. The largest absolute Gasteiger partial charge is 0.312 e. The minimum absolute atomic E-state index is 0.317. The third-order valence-corrected chi connectivity index (χ3v) is 4.90. The number of unbranched alkanes of at least 4 members (excludes halogenated alkanes) is 1. The number of hydrogen-bond donors (Lipinski definition) is 1. The zero-order valence-electron chi connectivity index (χ0n) is 13.4. The molecule has 0 aromatic carbocycles. The van der Waals surface area contributed by atoms with Crippen LogP contribution in [0.5, 0.6) is 0 Å². The number of likely N-dealkylation sites (N-methyl/N-ethyl adjacent to an activating group) is 1. The van der Waals surface area contributed by atoms with E-state index in [1.165, 1.54) is 51.6 Å². The first kappa shape index (κ1) is 16.7. The highest BCUT2D eigenvalue weighted by atomic mass is 15.2. The molecule has 2 heteroatoms. The van der Waals surface area contributed by atoms with Gasteiger partial charge in [-0.15, -0.1) is 6.58 Å². The van der Waals surface area contributed by atoms with Crippen LogP contribution in [0.1, 0.15) is 65.7 Å². The summed E-state index contributed by atoms with van der Waals surface area (Å²) in [5, 5.41) is 3.75. The van der Waals surface area contributed by atoms with E-state index in [-0.39, 0.29) is 0 Å². The van der Waals surface area contributed by atoms with E-state index in [4.69, 9.17) is 0 Å². The molecule has 19 heavy (non-hydrogen) atoms. The number of nitrogens with zero attached hydrogens (tertiary/aromatic N) is 1. The first-order chi connectivity index (χ1) is 9.19. The van der Waals surface area contributed by atoms with Crippen LogP contribution in [0.15, 0.2) is 12.7 Å². The summed E-state index contributed by atoms with van der Waals surface area (Å²) in [6.07, 6.45) is 11.1. The number of rotatable bonds is 9. The van der Waals surface area contributed by atoms with Crippen LogP contribution in [0.4, 0.5) is 0 Å². The van der Waals surface area contributed by atoms with Crippen molar-refractivity contribution in [2.24, 2.45) is 0 Å². The number of allylic oxidation sites excluding steroid dienone is 1. The molecule has 1 aliphatic heterocycles. The second-order valence-corrected chi connectivity index (χ2v) is 6.09. The molecule has 0 spiro atoms. The SMILES string of the molecule is C=CCCCC(NCC)C(C)(CC)N1CCCCC1. The maximum atomic E-state index is 3.84. The van der Waals surface area contributed by atoms with Crippen molar-refractivity contribution in [3.63, 3.8) is 0 Å². The maximum Gasteiger partial charge on any atom is 0.0331 e. The highest BCUT2D eigenvalue weighted by Crippen LogP contribution is 2.29. The van der Waals surface area contributed by atoms with Crippen molar-refractivity contribution in [2.75, 3.05) is 19.6 Å². The highest BCUT2D eigenvalue weighted by Gasteiger charge is 2.37. The molecule has 1 rings (SSSR count). The number of likely N-dealkylation sites (tertiary alicyclic amines) is 1. The Bertz CT molecular complexity index is 246. The number of nitrogens with one attached hydrogen (secondary N) is 1. The Kier molecular flexibility index (Phi) is 7.70. The van der Waals surface area contributed by atoms with E-state index < -0.39 is 0 Å². The lowest BCUT2D eigenvalue weighted by molar-refractivity contribution is 0.0402. The van der Waals surface area contributed by atoms with E-state index in [2.05, 4.69) is 37.6 Å². The van der Waals surface area contributed by atoms with Crippen molar-refractivity contribution in [2.45, 2.75) is 77.3 Å². The summed E-state index contributed by atoms with van der Waals surface area (Å²) in [5.41, 5.74) is 0.317. The lowest BCUT2D eigenvalue weighted by Gasteiger charge is -2.48. The van der Waals surface area contributed by atoms with Gasteiger partial charge in [0, 0.05) is 11.6 Å². The van der Waals surface area contributed by atoms with Crippen molar-refractivity contribution in [1.29, 1.82) is 0 Å². The number of piperidine rings is 1. The Hall–Kier alpha value is -0.340. The Morgan fingerprint density at radius 2 is 1.95 bits per heavy atom. The van der Waals surface area contributed by atoms with E-state index in [1.54, 1.807) is 0 Å². The summed E-state index contributed by atoms with van der Waals surface area (Å²) >= 11 is 0. The molecular formula is C17H34N2. The minimum atomic E-state index is 0.317. The van der Waals surface area contributed by atoms with Crippen LogP contribution in [0.2, 0.25) is 0 Å². The third kappa shape index (κ3) is 4.61. The van der Waals surface area contributed by atoms with Crippen LogP contribution in [0, 0.1) is 0 Å². The Morgan fingerprint density at radius 1 is 1.26 bits per heavy atom. The molecule has 0 bridgehead atoms. The summed E-state index contributed by atoms with van der Waals surface area (Å²) in [6, 6.07) is 0.612. The van der Waals surface area contributed by atoms with Gasteiger partial charge in [0.25, 0.3) is 0 Å². The molecule has 0 radical (unpaired) electrons. The topological polar surface area (TPSA) is 15.3 Å². The van der Waals surface area contributed by atoms with E-state index in [0.717, 1.165) is 13.0 Å². The number of hydrogen-bond acceptors (Lipinski definition) is 2. The molecular weight excluding hydrogens is 232 g/mol. The van der Waals surface area contributed by atoms with Crippen LogP contribution < -0.4 is 5.32 Å². The summed E-state index contributed by atoms with van der Waals surface area (Å²) < 4.78 is 0. The minimum Gasteiger partial charge on any atom is -0.312 e. The van der Waals surface area contributed by atoms with Crippen LogP contribution in [-0.4, -0.2) is 36.1 Å². The van der Waals surface area contributed by atoms with Gasteiger partial charge in [0.05, 0.1) is 0 Å². The van der Waals surface area contributed by atoms with Gasteiger partial charge in [0.1, 0.15) is 0 Å². The average Bonchev–Trinajstić information content (AvgIpc) is 2.46. The fourth-order valence-electron chi connectivity index (χ4n) is 3.44. The molecule has 0 saturated carbocycles. The molecule has 2 unspecified atom stereocenters. The fraction of sp³-hybridized carbons (Fsp3) is 0.882. The molecule has 1 fully saturated rings. The Morgan fingerprint density at radius 3 is 2.47 bits per heavy atom. The van der Waals surface area contributed by atoms with Gasteiger partial charge in [-0.2, -0.15) is 0 Å². The van der Waals surface area contributed by atoms with Crippen LogP contribution >= 0.6 is 0 Å². The van der Waals surface area contributed by atoms with Gasteiger partial charge < -0.3 is 5.32 Å². The fourth-order valence-corrected chi connectivity index (χ4v) is 3.44. The Labute approximate surface area is 120 Å². The summed E-state index contributed by atoms with van der Waals surface area (Å²) in [6.45, 7) is 14.5. The van der Waals surface area contributed by atoms with E-state index in [0.29, 0.717) is 11.6 Å². The van der Waals surface area contributed by atoms with Gasteiger partial charge in [0.2, 0.25) is 0 Å². The molecule has 0 aromatic rings. The molecule has 1 saturated heterocycles. The maximum absolute atomic E-state index is 3.84. The van der Waals surface area contributed by atoms with Gasteiger partial charge in [-0.05, 0) is 65.1 Å². The van der Waals surface area contributed by atoms with E-state index in [1.807, 2.05) is 6.08 Å². The third-order valence-electron chi connectivity index (χ3n) is 4.90. The zero-order valence-corrected chi connectivity index (χ0v) is 13.4. The van der Waals surface area contributed by atoms with Gasteiger partial charge in [-0.1, -0.05) is 26.3 Å². The smallest absolute Gasteiger partial charge is 0.0331 e. The molecule has 1 heterocycles. The van der Waals surface area contributed by atoms with Gasteiger partial charge >= 0.3 is 0 Å². The average molecular weight is 266 g/mol. The first-order valence-electron chi connectivity index (χ1n) is 8.28. The highest BCUT2D eigenvalue weighted by molar-refractivity contribution is 4.97. The molecule has 0 aliphatic carbocycles. The molecule has 0 amide bonds. The van der Waals surface area contributed by atoms with Crippen LogP contribution in [0.3, 0.4) is 0 Å².